The molecule has 0 heterocycles. The number of hydrogen-bond donors (Lipinski definition) is 0. The monoisotopic (exact) mass is 599 g/mol. The highest BCUT2D eigenvalue weighted by molar-refractivity contribution is 8.02. The van der Waals surface area contributed by atoms with Crippen molar-refractivity contribution in [3.63, 3.8) is 0 Å². The minimum absolute atomic E-state index is 1.37. The van der Waals surface area contributed by atoms with Gasteiger partial charge in [-0.2, -0.15) is 23.5 Å². The Morgan fingerprint density at radius 3 is 0.575 bits per heavy atom. The molecular weight excluding hydrogens is 521 g/mol. The summed E-state index contributed by atoms with van der Waals surface area (Å²) in [6, 6.07) is 0. The minimum atomic E-state index is 1.37. The quantitative estimate of drug-likeness (QED) is 0.0652. The average molecular weight is 599 g/mol. The molecule has 0 saturated heterocycles. The molecule has 0 nitrogen and oxygen atoms in total. The Kier molecular flexibility index (Phi) is 40.4. The van der Waals surface area contributed by atoms with Crippen LogP contribution in [-0.2, 0) is 0 Å². The van der Waals surface area contributed by atoms with Gasteiger partial charge in [0.25, 0.3) is 0 Å². The highest BCUT2D eigenvalue weighted by Crippen LogP contribution is 2.17. The third kappa shape index (κ3) is 38.7. The fraction of sp³-hybridized carbons (Fsp3) is 1.00. The molecule has 0 unspecified atom stereocenters. The van der Waals surface area contributed by atoms with Crippen LogP contribution in [0.5, 0.6) is 0 Å². The van der Waals surface area contributed by atoms with Crippen molar-refractivity contribution in [2.75, 3.05) is 23.0 Å². The van der Waals surface area contributed by atoms with E-state index in [-0.39, 0.29) is 0 Å². The summed E-state index contributed by atoms with van der Waals surface area (Å²) in [5, 5.41) is 0. The fourth-order valence-electron chi connectivity index (χ4n) is 5.83. The predicted molar refractivity (Wildman–Crippen MR) is 194 cm³/mol. The van der Waals surface area contributed by atoms with E-state index in [4.69, 9.17) is 0 Å². The fourth-order valence-corrected chi connectivity index (χ4v) is 7.99. The van der Waals surface area contributed by atoms with Crippen molar-refractivity contribution < 1.29 is 0 Å². The summed E-state index contributed by atoms with van der Waals surface area (Å²) < 4.78 is 0. The zero-order valence-electron chi connectivity index (χ0n) is 28.3. The highest BCUT2D eigenvalue weighted by Gasteiger charge is 1.97. The van der Waals surface area contributed by atoms with Gasteiger partial charge in [-0.3, -0.25) is 0 Å². The third-order valence-electron chi connectivity index (χ3n) is 8.66. The molecule has 0 aliphatic carbocycles. The largest absolute Gasteiger partial charge is 0.161 e. The van der Waals surface area contributed by atoms with Gasteiger partial charge in [0.15, 0.2) is 0 Å². The molecule has 40 heavy (non-hydrogen) atoms. The Labute approximate surface area is 264 Å². The van der Waals surface area contributed by atoms with E-state index in [1.165, 1.54) is 228 Å². The van der Waals surface area contributed by atoms with Crippen molar-refractivity contribution in [2.45, 2.75) is 219 Å². The van der Waals surface area contributed by atoms with E-state index in [1.54, 1.807) is 0 Å². The summed E-state index contributed by atoms with van der Waals surface area (Å²) in [4.78, 5) is 0. The first-order chi connectivity index (χ1) is 19.9. The number of thioether (sulfide) groups is 2. The first kappa shape index (κ1) is 40.7. The first-order valence-electron chi connectivity index (χ1n) is 19.1. The van der Waals surface area contributed by atoms with Crippen LogP contribution in [-0.4, -0.2) is 23.0 Å². The molecule has 0 aromatic heterocycles. The molecule has 242 valence electrons. The van der Waals surface area contributed by atoms with Gasteiger partial charge in [-0.05, 0) is 24.3 Å². The molecular formula is C38H78S2. The normalized spacial score (nSPS) is 11.6. The van der Waals surface area contributed by atoms with E-state index in [9.17, 15) is 0 Å². The standard InChI is InChI=1S/C38H78S2/c1-3-5-7-9-11-13-15-17-19-21-23-25-27-29-31-33-35-39-37-38-40-36-34-32-30-28-26-24-22-20-18-16-14-12-10-8-6-4-2/h3-38H2,1-2H3. The van der Waals surface area contributed by atoms with Crippen molar-refractivity contribution >= 4 is 23.5 Å². The van der Waals surface area contributed by atoms with Crippen molar-refractivity contribution in [3.05, 3.63) is 0 Å². The van der Waals surface area contributed by atoms with Gasteiger partial charge in [-0.25, -0.2) is 0 Å². The van der Waals surface area contributed by atoms with Crippen molar-refractivity contribution in [1.29, 1.82) is 0 Å². The summed E-state index contributed by atoms with van der Waals surface area (Å²) in [7, 11) is 0. The van der Waals surface area contributed by atoms with E-state index in [0.717, 1.165) is 0 Å². The van der Waals surface area contributed by atoms with Crippen LogP contribution < -0.4 is 0 Å². The second kappa shape index (κ2) is 39.7. The van der Waals surface area contributed by atoms with Crippen LogP contribution in [0.2, 0.25) is 0 Å². The molecule has 2 heteroatoms. The maximum absolute atomic E-state index is 2.31. The van der Waals surface area contributed by atoms with Crippen LogP contribution in [0.3, 0.4) is 0 Å². The molecule has 0 amide bonds. The van der Waals surface area contributed by atoms with Crippen molar-refractivity contribution in [1.82, 2.24) is 0 Å². The maximum atomic E-state index is 2.31. The van der Waals surface area contributed by atoms with Crippen LogP contribution in [0.25, 0.3) is 0 Å². The molecule has 0 aliphatic heterocycles. The Hall–Kier alpha value is 0.700. The van der Waals surface area contributed by atoms with Gasteiger partial charge in [-0.15, -0.1) is 0 Å². The molecule has 0 aromatic rings. The minimum Gasteiger partial charge on any atom is -0.161 e. The zero-order valence-corrected chi connectivity index (χ0v) is 29.9. The van der Waals surface area contributed by atoms with E-state index >= 15 is 0 Å². The molecule has 0 bridgehead atoms. The zero-order chi connectivity index (χ0) is 28.9. The molecule has 0 atom stereocenters. The smallest absolute Gasteiger partial charge is 0.00235 e. The van der Waals surface area contributed by atoms with Gasteiger partial charge in [0.1, 0.15) is 0 Å². The SMILES string of the molecule is CCCCCCCCCCCCCCCCCCSCCSCCCCCCCCCCCCCCCCCC. The second-order valence-electron chi connectivity index (χ2n) is 12.8. The van der Waals surface area contributed by atoms with Crippen LogP contribution in [0, 0.1) is 0 Å². The van der Waals surface area contributed by atoms with Gasteiger partial charge < -0.3 is 0 Å². The number of rotatable bonds is 37. The van der Waals surface area contributed by atoms with Crippen molar-refractivity contribution in [2.24, 2.45) is 0 Å². The second-order valence-corrected chi connectivity index (χ2v) is 15.3. The third-order valence-corrected chi connectivity index (χ3v) is 11.1. The van der Waals surface area contributed by atoms with E-state index in [2.05, 4.69) is 37.4 Å². The summed E-state index contributed by atoms with van der Waals surface area (Å²) in [5.41, 5.74) is 0. The van der Waals surface area contributed by atoms with E-state index in [0.29, 0.717) is 0 Å². The molecule has 0 aliphatic rings. The maximum Gasteiger partial charge on any atom is 0.00235 e. The van der Waals surface area contributed by atoms with Gasteiger partial charge in [0.2, 0.25) is 0 Å². The molecule has 0 spiro atoms. The van der Waals surface area contributed by atoms with Crippen molar-refractivity contribution in [3.8, 4) is 0 Å². The lowest BCUT2D eigenvalue weighted by Crippen LogP contribution is -1.90. The Morgan fingerprint density at radius 1 is 0.200 bits per heavy atom. The Balaban J connectivity index is 3.01. The molecule has 0 radical (unpaired) electrons. The van der Waals surface area contributed by atoms with E-state index in [1.807, 2.05) is 0 Å². The lowest BCUT2D eigenvalue weighted by atomic mass is 10.0. The van der Waals surface area contributed by atoms with Crippen LogP contribution in [0.15, 0.2) is 0 Å². The Bertz CT molecular complexity index is 372. The van der Waals surface area contributed by atoms with Crippen LogP contribution in [0.4, 0.5) is 0 Å². The number of hydrogen-bond acceptors (Lipinski definition) is 2. The summed E-state index contributed by atoms with van der Waals surface area (Å²) in [6.45, 7) is 4.62. The number of unbranched alkanes of at least 4 members (excludes halogenated alkanes) is 30. The molecule has 0 N–H and O–H groups in total. The first-order valence-corrected chi connectivity index (χ1v) is 21.4. The van der Waals surface area contributed by atoms with Crippen LogP contribution >= 0.6 is 23.5 Å². The topological polar surface area (TPSA) is 0 Å². The lowest BCUT2D eigenvalue weighted by molar-refractivity contribution is 0.531. The summed E-state index contributed by atoms with van der Waals surface area (Å²) in [6.07, 6.45) is 47.1. The van der Waals surface area contributed by atoms with Gasteiger partial charge in [0, 0.05) is 11.5 Å². The average Bonchev–Trinajstić information content (AvgIpc) is 2.97. The Morgan fingerprint density at radius 2 is 0.375 bits per heavy atom. The van der Waals surface area contributed by atoms with Gasteiger partial charge in [-0.1, -0.05) is 206 Å². The molecule has 0 fully saturated rings. The highest BCUT2D eigenvalue weighted by atomic mass is 32.2. The summed E-state index contributed by atoms with van der Waals surface area (Å²) in [5.74, 6) is 5.56. The molecule has 0 aromatic carbocycles. The van der Waals surface area contributed by atoms with Crippen LogP contribution in [0.1, 0.15) is 219 Å². The predicted octanol–water partition coefficient (Wildman–Crippen LogP) is 15.0. The van der Waals surface area contributed by atoms with E-state index < -0.39 is 0 Å². The summed E-state index contributed by atoms with van der Waals surface area (Å²) >= 11 is 4.42. The molecule has 0 rings (SSSR count). The lowest BCUT2D eigenvalue weighted by Gasteiger charge is -2.05. The molecule has 0 saturated carbocycles. The van der Waals surface area contributed by atoms with Gasteiger partial charge >= 0.3 is 0 Å². The van der Waals surface area contributed by atoms with Gasteiger partial charge in [0.05, 0.1) is 0 Å².